The van der Waals surface area contributed by atoms with Crippen molar-refractivity contribution in [2.75, 3.05) is 6.54 Å². The van der Waals surface area contributed by atoms with Crippen LogP contribution >= 0.6 is 15.9 Å². The number of nitrogens with zero attached hydrogens (tertiary/aromatic N) is 3. The van der Waals surface area contributed by atoms with E-state index in [1.165, 1.54) is 6.07 Å². The first-order valence-corrected chi connectivity index (χ1v) is 7.55. The Hall–Kier alpha value is -1.73. The SMILES string of the molecule is O=[N+]([O-])c1cc(Br)ccc1CNCCCCn1ccnc1. The predicted molar refractivity (Wildman–Crippen MR) is 84.0 cm³/mol. The first kappa shape index (κ1) is 15.7. The van der Waals surface area contributed by atoms with Gasteiger partial charge in [-0.3, -0.25) is 10.1 Å². The van der Waals surface area contributed by atoms with E-state index in [9.17, 15) is 10.1 Å². The number of nitro benzene ring substituents is 1. The topological polar surface area (TPSA) is 73.0 Å². The van der Waals surface area contributed by atoms with Crippen molar-refractivity contribution in [2.45, 2.75) is 25.9 Å². The maximum atomic E-state index is 11.0. The number of rotatable bonds is 8. The monoisotopic (exact) mass is 352 g/mol. The molecule has 0 spiro atoms. The number of unbranched alkanes of at least 4 members (excludes halogenated alkanes) is 1. The van der Waals surface area contributed by atoms with Crippen LogP contribution in [0.25, 0.3) is 0 Å². The number of hydrogen-bond donors (Lipinski definition) is 1. The first-order chi connectivity index (χ1) is 10.2. The minimum atomic E-state index is -0.346. The molecule has 0 saturated heterocycles. The average molecular weight is 353 g/mol. The average Bonchev–Trinajstić information content (AvgIpc) is 2.97. The molecule has 6 nitrogen and oxygen atoms in total. The van der Waals surface area contributed by atoms with Crippen LogP contribution in [-0.2, 0) is 13.1 Å². The Morgan fingerprint density at radius 3 is 2.95 bits per heavy atom. The second-order valence-electron chi connectivity index (χ2n) is 4.71. The van der Waals surface area contributed by atoms with E-state index in [2.05, 4.69) is 26.2 Å². The molecule has 2 rings (SSSR count). The Balaban J connectivity index is 1.72. The number of nitro groups is 1. The quantitative estimate of drug-likeness (QED) is 0.450. The zero-order valence-electron chi connectivity index (χ0n) is 11.5. The van der Waals surface area contributed by atoms with Gasteiger partial charge in [-0.1, -0.05) is 15.9 Å². The molecular formula is C14H17BrN4O2. The van der Waals surface area contributed by atoms with Crippen LogP contribution in [-0.4, -0.2) is 21.0 Å². The van der Waals surface area contributed by atoms with Crippen LogP contribution in [0, 0.1) is 10.1 Å². The van der Waals surface area contributed by atoms with E-state index in [0.717, 1.165) is 30.4 Å². The van der Waals surface area contributed by atoms with Gasteiger partial charge in [-0.15, -0.1) is 0 Å². The second-order valence-corrected chi connectivity index (χ2v) is 5.63. The minimum absolute atomic E-state index is 0.148. The largest absolute Gasteiger partial charge is 0.337 e. The fourth-order valence-corrected chi connectivity index (χ4v) is 2.39. The van der Waals surface area contributed by atoms with Gasteiger partial charge >= 0.3 is 0 Å². The van der Waals surface area contributed by atoms with Crippen LogP contribution in [0.2, 0.25) is 0 Å². The van der Waals surface area contributed by atoms with Gasteiger partial charge in [0.05, 0.1) is 11.3 Å². The molecule has 1 aromatic carbocycles. The van der Waals surface area contributed by atoms with Gasteiger partial charge in [0.1, 0.15) is 0 Å². The van der Waals surface area contributed by atoms with E-state index < -0.39 is 0 Å². The van der Waals surface area contributed by atoms with Gasteiger partial charge in [0.2, 0.25) is 0 Å². The fraction of sp³-hybridized carbons (Fsp3) is 0.357. The van der Waals surface area contributed by atoms with E-state index in [0.29, 0.717) is 12.1 Å². The van der Waals surface area contributed by atoms with Crippen molar-refractivity contribution in [2.24, 2.45) is 0 Å². The van der Waals surface area contributed by atoms with Gasteiger partial charge < -0.3 is 9.88 Å². The molecule has 0 saturated carbocycles. The van der Waals surface area contributed by atoms with Crippen LogP contribution in [0.4, 0.5) is 5.69 Å². The highest BCUT2D eigenvalue weighted by atomic mass is 79.9. The summed E-state index contributed by atoms with van der Waals surface area (Å²) < 4.78 is 2.76. The number of aryl methyl sites for hydroxylation is 1. The molecule has 2 aromatic rings. The molecule has 0 fully saturated rings. The van der Waals surface area contributed by atoms with Gasteiger partial charge in [-0.2, -0.15) is 0 Å². The zero-order valence-corrected chi connectivity index (χ0v) is 13.1. The van der Waals surface area contributed by atoms with E-state index in [1.807, 2.05) is 16.8 Å². The van der Waals surface area contributed by atoms with Crippen molar-refractivity contribution in [3.8, 4) is 0 Å². The molecular weight excluding hydrogens is 336 g/mol. The second kappa shape index (κ2) is 7.90. The maximum absolute atomic E-state index is 11.0. The predicted octanol–water partition coefficient (Wildman–Crippen LogP) is 3.12. The number of imidazole rings is 1. The third kappa shape index (κ3) is 4.95. The van der Waals surface area contributed by atoms with E-state index in [1.54, 1.807) is 18.6 Å². The number of nitrogens with one attached hydrogen (secondary N) is 1. The number of aromatic nitrogens is 2. The molecule has 0 aliphatic carbocycles. The molecule has 21 heavy (non-hydrogen) atoms. The Morgan fingerprint density at radius 1 is 1.38 bits per heavy atom. The molecule has 0 atom stereocenters. The first-order valence-electron chi connectivity index (χ1n) is 6.76. The molecule has 0 amide bonds. The van der Waals surface area contributed by atoms with Crippen molar-refractivity contribution < 1.29 is 4.92 Å². The van der Waals surface area contributed by atoms with Crippen molar-refractivity contribution in [3.05, 3.63) is 57.1 Å². The van der Waals surface area contributed by atoms with Gasteiger partial charge in [-0.25, -0.2) is 4.98 Å². The summed E-state index contributed by atoms with van der Waals surface area (Å²) in [4.78, 5) is 14.6. The summed E-state index contributed by atoms with van der Waals surface area (Å²) in [6.07, 6.45) is 7.58. The molecule has 0 aliphatic heterocycles. The van der Waals surface area contributed by atoms with Gasteiger partial charge in [0.15, 0.2) is 0 Å². The molecule has 1 N–H and O–H groups in total. The summed E-state index contributed by atoms with van der Waals surface area (Å²) in [6, 6.07) is 5.14. The van der Waals surface area contributed by atoms with E-state index >= 15 is 0 Å². The molecule has 0 bridgehead atoms. The van der Waals surface area contributed by atoms with Crippen LogP contribution in [0.3, 0.4) is 0 Å². The fourth-order valence-electron chi connectivity index (χ4n) is 2.04. The lowest BCUT2D eigenvalue weighted by Gasteiger charge is -2.06. The highest BCUT2D eigenvalue weighted by Gasteiger charge is 2.13. The lowest BCUT2D eigenvalue weighted by molar-refractivity contribution is -0.385. The zero-order chi connectivity index (χ0) is 15.1. The van der Waals surface area contributed by atoms with Crippen molar-refractivity contribution in [1.82, 2.24) is 14.9 Å². The normalized spacial score (nSPS) is 10.7. The van der Waals surface area contributed by atoms with Gasteiger partial charge in [0.25, 0.3) is 5.69 Å². The number of hydrogen-bond acceptors (Lipinski definition) is 4. The summed E-state index contributed by atoms with van der Waals surface area (Å²) in [7, 11) is 0. The Bertz CT molecular complexity index is 587. The molecule has 0 unspecified atom stereocenters. The third-order valence-corrected chi connectivity index (χ3v) is 3.63. The summed E-state index contributed by atoms with van der Waals surface area (Å²) in [5, 5.41) is 14.2. The Labute approximate surface area is 131 Å². The lowest BCUT2D eigenvalue weighted by atomic mass is 10.2. The van der Waals surface area contributed by atoms with Gasteiger partial charge in [-0.05, 0) is 31.5 Å². The van der Waals surface area contributed by atoms with Crippen LogP contribution in [0.1, 0.15) is 18.4 Å². The summed E-state index contributed by atoms with van der Waals surface area (Å²) in [6.45, 7) is 2.29. The summed E-state index contributed by atoms with van der Waals surface area (Å²) in [5.74, 6) is 0. The smallest absolute Gasteiger partial charge is 0.275 e. The van der Waals surface area contributed by atoms with E-state index in [4.69, 9.17) is 0 Å². The third-order valence-electron chi connectivity index (χ3n) is 3.14. The highest BCUT2D eigenvalue weighted by molar-refractivity contribution is 9.10. The molecule has 112 valence electrons. The van der Waals surface area contributed by atoms with Crippen molar-refractivity contribution in [1.29, 1.82) is 0 Å². The van der Waals surface area contributed by atoms with Crippen LogP contribution in [0.15, 0.2) is 41.4 Å². The number of halogens is 1. The molecule has 1 heterocycles. The molecule has 1 aromatic heterocycles. The highest BCUT2D eigenvalue weighted by Crippen LogP contribution is 2.23. The van der Waals surface area contributed by atoms with Crippen LogP contribution in [0.5, 0.6) is 0 Å². The molecule has 0 aliphatic rings. The Morgan fingerprint density at radius 2 is 2.24 bits per heavy atom. The maximum Gasteiger partial charge on any atom is 0.275 e. The van der Waals surface area contributed by atoms with Crippen LogP contribution < -0.4 is 5.32 Å². The van der Waals surface area contributed by atoms with E-state index in [-0.39, 0.29) is 10.6 Å². The summed E-state index contributed by atoms with van der Waals surface area (Å²) in [5.41, 5.74) is 0.855. The number of benzene rings is 1. The standard InChI is InChI=1S/C14H17BrN4O2/c15-13-4-3-12(14(9-13)19(20)21)10-16-5-1-2-7-18-8-6-17-11-18/h3-4,6,8-9,11,16H,1-2,5,7,10H2. The van der Waals surface area contributed by atoms with Gasteiger partial charge in [0, 0.05) is 41.6 Å². The lowest BCUT2D eigenvalue weighted by Crippen LogP contribution is -2.16. The molecule has 0 radical (unpaired) electrons. The minimum Gasteiger partial charge on any atom is -0.337 e. The van der Waals surface area contributed by atoms with Crippen molar-refractivity contribution >= 4 is 21.6 Å². The Kier molecular flexibility index (Phi) is 5.89. The van der Waals surface area contributed by atoms with Crippen molar-refractivity contribution in [3.63, 3.8) is 0 Å². The summed E-state index contributed by atoms with van der Waals surface area (Å²) >= 11 is 3.25. The molecule has 7 heteroatoms.